The Balaban J connectivity index is 1.44. The van der Waals surface area contributed by atoms with E-state index in [2.05, 4.69) is 32.5 Å². The Hall–Kier alpha value is -2.09. The Kier molecular flexibility index (Phi) is 6.49. The van der Waals surface area contributed by atoms with E-state index < -0.39 is 0 Å². The Morgan fingerprint density at radius 1 is 1.31 bits per heavy atom. The molecule has 2 aliphatic rings. The fraction of sp³-hybridized carbons (Fsp3) is 0.722. The maximum atomic E-state index is 11.9. The van der Waals surface area contributed by atoms with Gasteiger partial charge in [0.15, 0.2) is 5.96 Å². The number of guanidine groups is 1. The predicted octanol–water partition coefficient (Wildman–Crippen LogP) is 0.0532. The fourth-order valence-corrected chi connectivity index (χ4v) is 3.10. The molecule has 1 aromatic rings. The number of carbonyl (C=O) groups is 1. The molecule has 0 unspecified atom stereocenters. The van der Waals surface area contributed by atoms with Crippen LogP contribution in [0.15, 0.2) is 17.4 Å². The second kappa shape index (κ2) is 9.02. The average Bonchev–Trinajstić information content (AvgIpc) is 3.34. The summed E-state index contributed by atoms with van der Waals surface area (Å²) in [6, 6.07) is 0.440. The minimum atomic E-state index is 0.163. The number of carbonyl (C=O) groups excluding carboxylic acids is 1. The van der Waals surface area contributed by atoms with Crippen LogP contribution in [0.25, 0.3) is 0 Å². The number of amides is 1. The largest absolute Gasteiger partial charge is 0.357 e. The molecule has 8 nitrogen and oxygen atoms in total. The van der Waals surface area contributed by atoms with E-state index in [-0.39, 0.29) is 5.91 Å². The highest BCUT2D eigenvalue weighted by molar-refractivity contribution is 5.80. The first kappa shape index (κ1) is 18.7. The monoisotopic (exact) mass is 361 g/mol. The van der Waals surface area contributed by atoms with E-state index in [1.807, 2.05) is 24.0 Å². The smallest absolute Gasteiger partial charge is 0.234 e. The number of hydrogen-bond acceptors (Lipinski definition) is 4. The number of aromatic nitrogens is 2. The fourth-order valence-electron chi connectivity index (χ4n) is 3.10. The zero-order chi connectivity index (χ0) is 18.4. The molecule has 0 atom stereocenters. The van der Waals surface area contributed by atoms with E-state index in [0.29, 0.717) is 19.1 Å². The average molecular weight is 361 g/mol. The van der Waals surface area contributed by atoms with Crippen LogP contribution in [0.4, 0.5) is 0 Å². The van der Waals surface area contributed by atoms with Crippen LogP contribution in [-0.4, -0.2) is 83.3 Å². The lowest BCUT2D eigenvalue weighted by Crippen LogP contribution is -2.54. The van der Waals surface area contributed by atoms with Crippen LogP contribution < -0.4 is 10.6 Å². The van der Waals surface area contributed by atoms with Crippen molar-refractivity contribution in [2.45, 2.75) is 39.3 Å². The molecule has 2 fully saturated rings. The van der Waals surface area contributed by atoms with Crippen LogP contribution >= 0.6 is 0 Å². The van der Waals surface area contributed by atoms with Gasteiger partial charge in [-0.05, 0) is 32.3 Å². The number of nitrogens with zero attached hydrogens (tertiary/aromatic N) is 5. The summed E-state index contributed by atoms with van der Waals surface area (Å²) in [6.45, 7) is 10.5. The maximum absolute atomic E-state index is 11.9. The third-order valence-electron chi connectivity index (χ3n) is 4.67. The molecule has 26 heavy (non-hydrogen) atoms. The van der Waals surface area contributed by atoms with Crippen LogP contribution in [0.1, 0.15) is 25.3 Å². The summed E-state index contributed by atoms with van der Waals surface area (Å²) in [5.74, 6) is 1.12. The van der Waals surface area contributed by atoms with Gasteiger partial charge in [0, 0.05) is 45.0 Å². The summed E-state index contributed by atoms with van der Waals surface area (Å²) in [7, 11) is 0. The zero-order valence-electron chi connectivity index (χ0n) is 15.9. The Labute approximate surface area is 155 Å². The van der Waals surface area contributed by atoms with Crippen molar-refractivity contribution in [2.24, 2.45) is 4.99 Å². The van der Waals surface area contributed by atoms with Crippen LogP contribution in [0.2, 0.25) is 0 Å². The molecule has 3 rings (SSSR count). The van der Waals surface area contributed by atoms with Gasteiger partial charge in [-0.25, -0.2) is 0 Å². The third-order valence-corrected chi connectivity index (χ3v) is 4.67. The minimum Gasteiger partial charge on any atom is -0.357 e. The first-order valence-corrected chi connectivity index (χ1v) is 9.68. The summed E-state index contributed by atoms with van der Waals surface area (Å²) >= 11 is 0. The van der Waals surface area contributed by atoms with E-state index >= 15 is 0 Å². The van der Waals surface area contributed by atoms with E-state index in [1.54, 1.807) is 0 Å². The Morgan fingerprint density at radius 3 is 2.69 bits per heavy atom. The van der Waals surface area contributed by atoms with E-state index in [0.717, 1.165) is 58.1 Å². The second-order valence-electron chi connectivity index (χ2n) is 7.12. The molecular formula is C18H31N7O. The standard InChI is InChI=1S/C18H31N7O/c1-3-19-18(20-6-7-25-13-15(2)12-21-25)24-10-8-23(9-11-24)14-17(26)22-16-4-5-16/h12-13,16H,3-11,14H2,1-2H3,(H,19,20)(H,22,26). The lowest BCUT2D eigenvalue weighted by molar-refractivity contribution is -0.122. The van der Waals surface area contributed by atoms with E-state index in [1.165, 1.54) is 5.56 Å². The van der Waals surface area contributed by atoms with Crippen molar-refractivity contribution in [1.29, 1.82) is 0 Å². The van der Waals surface area contributed by atoms with Gasteiger partial charge in [-0.1, -0.05) is 0 Å². The molecule has 1 aliphatic carbocycles. The Morgan fingerprint density at radius 2 is 2.08 bits per heavy atom. The summed E-state index contributed by atoms with van der Waals surface area (Å²) in [5, 5.41) is 10.7. The SMILES string of the molecule is CCNC(=NCCn1cc(C)cn1)N1CCN(CC(=O)NC2CC2)CC1. The van der Waals surface area contributed by atoms with Gasteiger partial charge < -0.3 is 15.5 Å². The van der Waals surface area contributed by atoms with Crippen molar-refractivity contribution in [2.75, 3.05) is 45.8 Å². The lowest BCUT2D eigenvalue weighted by atomic mass is 10.3. The zero-order valence-corrected chi connectivity index (χ0v) is 15.9. The topological polar surface area (TPSA) is 77.8 Å². The molecule has 2 N–H and O–H groups in total. The molecule has 0 bridgehead atoms. The highest BCUT2D eigenvalue weighted by atomic mass is 16.2. The number of hydrogen-bond donors (Lipinski definition) is 2. The highest BCUT2D eigenvalue weighted by Gasteiger charge is 2.25. The van der Waals surface area contributed by atoms with Crippen molar-refractivity contribution >= 4 is 11.9 Å². The molecule has 8 heteroatoms. The van der Waals surface area contributed by atoms with Crippen molar-refractivity contribution < 1.29 is 4.79 Å². The first-order chi connectivity index (χ1) is 12.6. The molecule has 0 radical (unpaired) electrons. The van der Waals surface area contributed by atoms with Gasteiger partial charge in [0.1, 0.15) is 0 Å². The lowest BCUT2D eigenvalue weighted by Gasteiger charge is -2.36. The molecule has 1 amide bonds. The highest BCUT2D eigenvalue weighted by Crippen LogP contribution is 2.18. The summed E-state index contributed by atoms with van der Waals surface area (Å²) < 4.78 is 1.93. The molecule has 1 aromatic heterocycles. The molecule has 144 valence electrons. The summed E-state index contributed by atoms with van der Waals surface area (Å²) in [4.78, 5) is 21.2. The number of piperazine rings is 1. The van der Waals surface area contributed by atoms with Gasteiger partial charge >= 0.3 is 0 Å². The molecule has 0 aromatic carbocycles. The van der Waals surface area contributed by atoms with Crippen LogP contribution in [0.5, 0.6) is 0 Å². The molecule has 1 aliphatic heterocycles. The summed E-state index contributed by atoms with van der Waals surface area (Å²) in [5.41, 5.74) is 1.17. The maximum Gasteiger partial charge on any atom is 0.234 e. The number of aliphatic imine (C=N–C) groups is 1. The second-order valence-corrected chi connectivity index (χ2v) is 7.12. The van der Waals surface area contributed by atoms with Gasteiger partial charge in [-0.2, -0.15) is 5.10 Å². The van der Waals surface area contributed by atoms with Gasteiger partial charge in [0.05, 0.1) is 25.8 Å². The Bertz CT molecular complexity index is 615. The number of nitrogens with one attached hydrogen (secondary N) is 2. The molecule has 0 spiro atoms. The first-order valence-electron chi connectivity index (χ1n) is 9.68. The molecule has 1 saturated carbocycles. The van der Waals surface area contributed by atoms with Crippen LogP contribution in [0.3, 0.4) is 0 Å². The van der Waals surface area contributed by atoms with Crippen molar-refractivity contribution in [1.82, 2.24) is 30.2 Å². The van der Waals surface area contributed by atoms with Gasteiger partial charge in [0.2, 0.25) is 5.91 Å². The quantitative estimate of drug-likeness (QED) is 0.530. The minimum absolute atomic E-state index is 0.163. The molecule has 1 saturated heterocycles. The van der Waals surface area contributed by atoms with Gasteiger partial charge in [-0.3, -0.25) is 19.4 Å². The molecule has 2 heterocycles. The van der Waals surface area contributed by atoms with Crippen molar-refractivity contribution in [3.63, 3.8) is 0 Å². The molecular weight excluding hydrogens is 330 g/mol. The van der Waals surface area contributed by atoms with E-state index in [4.69, 9.17) is 4.99 Å². The van der Waals surface area contributed by atoms with Gasteiger partial charge in [0.25, 0.3) is 0 Å². The van der Waals surface area contributed by atoms with Gasteiger partial charge in [-0.15, -0.1) is 0 Å². The van der Waals surface area contributed by atoms with E-state index in [9.17, 15) is 4.79 Å². The van der Waals surface area contributed by atoms with Crippen molar-refractivity contribution in [3.05, 3.63) is 18.0 Å². The number of rotatable bonds is 7. The van der Waals surface area contributed by atoms with Crippen LogP contribution in [0, 0.1) is 6.92 Å². The predicted molar refractivity (Wildman–Crippen MR) is 102 cm³/mol. The normalized spacial score (nSPS) is 18.8. The third kappa shape index (κ3) is 5.72. The van der Waals surface area contributed by atoms with Crippen LogP contribution in [-0.2, 0) is 11.3 Å². The number of aryl methyl sites for hydroxylation is 1. The summed E-state index contributed by atoms with van der Waals surface area (Å²) in [6.07, 6.45) is 6.18. The van der Waals surface area contributed by atoms with Crippen molar-refractivity contribution in [3.8, 4) is 0 Å².